The molecular formula is C11H14N2O5S. The highest BCUT2D eigenvalue weighted by molar-refractivity contribution is 7.88. The van der Waals surface area contributed by atoms with E-state index < -0.39 is 21.9 Å². The zero-order valence-electron chi connectivity index (χ0n) is 10.5. The summed E-state index contributed by atoms with van der Waals surface area (Å²) < 4.78 is 28.5. The molecule has 0 radical (unpaired) electrons. The van der Waals surface area contributed by atoms with Crippen molar-refractivity contribution in [3.05, 3.63) is 29.8 Å². The van der Waals surface area contributed by atoms with Gasteiger partial charge in [0, 0.05) is 12.2 Å². The van der Waals surface area contributed by atoms with Gasteiger partial charge in [-0.15, -0.1) is 0 Å². The van der Waals surface area contributed by atoms with Crippen LogP contribution < -0.4 is 10.0 Å². The lowest BCUT2D eigenvalue weighted by atomic mass is 10.2. The summed E-state index contributed by atoms with van der Waals surface area (Å²) in [5.74, 6) is -1.89. The molecule has 1 amide bonds. The van der Waals surface area contributed by atoms with Crippen molar-refractivity contribution >= 4 is 27.6 Å². The van der Waals surface area contributed by atoms with Gasteiger partial charge in [-0.2, -0.15) is 0 Å². The molecule has 0 bridgehead atoms. The molecule has 1 aromatic rings. The quantitative estimate of drug-likeness (QED) is 0.592. The third-order valence-corrected chi connectivity index (χ3v) is 2.76. The second-order valence-electron chi connectivity index (χ2n) is 3.74. The summed E-state index contributed by atoms with van der Waals surface area (Å²) in [6.07, 6.45) is 1.05. The highest BCUT2D eigenvalue weighted by Crippen LogP contribution is 2.10. The van der Waals surface area contributed by atoms with E-state index in [1.54, 1.807) is 24.3 Å². The van der Waals surface area contributed by atoms with E-state index in [1.807, 2.05) is 0 Å². The van der Waals surface area contributed by atoms with E-state index in [1.165, 1.54) is 0 Å². The fourth-order valence-corrected chi connectivity index (χ4v) is 1.68. The molecule has 1 rings (SSSR count). The van der Waals surface area contributed by atoms with Crippen molar-refractivity contribution in [2.75, 3.05) is 18.7 Å². The van der Waals surface area contributed by atoms with Crippen molar-refractivity contribution in [1.29, 1.82) is 0 Å². The van der Waals surface area contributed by atoms with Gasteiger partial charge in [0.25, 0.3) is 0 Å². The SMILES string of the molecule is COC(=O)C(=O)Nc1cccc(CNS(C)(=O)=O)c1. The van der Waals surface area contributed by atoms with Crippen LogP contribution in [0.2, 0.25) is 0 Å². The predicted octanol–water partition coefficient (Wildman–Crippen LogP) is -0.153. The van der Waals surface area contributed by atoms with Gasteiger partial charge in [-0.05, 0) is 17.7 Å². The van der Waals surface area contributed by atoms with Gasteiger partial charge in [-0.3, -0.25) is 4.79 Å². The van der Waals surface area contributed by atoms with Crippen LogP contribution in [0.1, 0.15) is 5.56 Å². The second-order valence-corrected chi connectivity index (χ2v) is 5.57. The van der Waals surface area contributed by atoms with Crippen LogP contribution in [0.15, 0.2) is 24.3 Å². The van der Waals surface area contributed by atoms with Gasteiger partial charge in [-0.1, -0.05) is 12.1 Å². The molecule has 0 aliphatic heterocycles. The first kappa shape index (κ1) is 15.1. The number of rotatable bonds is 4. The maximum Gasteiger partial charge on any atom is 0.396 e. The van der Waals surface area contributed by atoms with Crippen molar-refractivity contribution in [3.63, 3.8) is 0 Å². The van der Waals surface area contributed by atoms with E-state index in [4.69, 9.17) is 0 Å². The van der Waals surface area contributed by atoms with Crippen LogP contribution in [0.4, 0.5) is 5.69 Å². The molecule has 0 atom stereocenters. The minimum absolute atomic E-state index is 0.0980. The summed E-state index contributed by atoms with van der Waals surface area (Å²) >= 11 is 0. The highest BCUT2D eigenvalue weighted by Gasteiger charge is 2.13. The van der Waals surface area contributed by atoms with Gasteiger partial charge in [0.1, 0.15) is 0 Å². The molecule has 8 heteroatoms. The Labute approximate surface area is 111 Å². The standard InChI is InChI=1S/C11H14N2O5S/c1-18-11(15)10(14)13-9-5-3-4-8(6-9)7-12-19(2,16)17/h3-6,12H,7H2,1-2H3,(H,13,14). The van der Waals surface area contributed by atoms with Gasteiger partial charge < -0.3 is 10.1 Å². The number of methoxy groups -OCH3 is 1. The molecule has 0 fully saturated rings. The van der Waals surface area contributed by atoms with Gasteiger partial charge >= 0.3 is 11.9 Å². The maximum atomic E-state index is 11.3. The zero-order valence-corrected chi connectivity index (χ0v) is 11.3. The van der Waals surface area contributed by atoms with E-state index in [0.717, 1.165) is 13.4 Å². The van der Waals surface area contributed by atoms with E-state index in [9.17, 15) is 18.0 Å². The van der Waals surface area contributed by atoms with Crippen LogP contribution in [0.25, 0.3) is 0 Å². The van der Waals surface area contributed by atoms with Crippen LogP contribution in [0, 0.1) is 0 Å². The predicted molar refractivity (Wildman–Crippen MR) is 68.8 cm³/mol. The number of anilines is 1. The second kappa shape index (κ2) is 6.30. The molecule has 0 heterocycles. The first-order valence-corrected chi connectivity index (χ1v) is 7.14. The molecule has 0 unspecified atom stereocenters. The van der Waals surface area contributed by atoms with Gasteiger partial charge in [0.05, 0.1) is 13.4 Å². The molecule has 104 valence electrons. The fourth-order valence-electron chi connectivity index (χ4n) is 1.25. The Kier molecular flexibility index (Phi) is 5.02. The molecule has 2 N–H and O–H groups in total. The Morgan fingerprint density at radius 2 is 2.00 bits per heavy atom. The topological polar surface area (TPSA) is 102 Å². The summed E-state index contributed by atoms with van der Waals surface area (Å²) in [5, 5.41) is 2.34. The number of hydrogen-bond donors (Lipinski definition) is 2. The number of esters is 1. The Balaban J connectivity index is 2.72. The number of nitrogens with one attached hydrogen (secondary N) is 2. The summed E-state index contributed by atoms with van der Waals surface area (Å²) in [6.45, 7) is 0.0980. The number of sulfonamides is 1. The third kappa shape index (κ3) is 5.49. The Hall–Kier alpha value is -1.93. The smallest absolute Gasteiger partial charge is 0.396 e. The van der Waals surface area contributed by atoms with Crippen LogP contribution in [-0.2, 0) is 30.9 Å². The minimum Gasteiger partial charge on any atom is -0.462 e. The zero-order chi connectivity index (χ0) is 14.5. The lowest BCUT2D eigenvalue weighted by molar-refractivity contribution is -0.150. The van der Waals surface area contributed by atoms with Crippen LogP contribution in [-0.4, -0.2) is 33.7 Å². The first-order chi connectivity index (χ1) is 8.81. The van der Waals surface area contributed by atoms with Crippen molar-refractivity contribution in [3.8, 4) is 0 Å². The fraction of sp³-hybridized carbons (Fsp3) is 0.273. The molecule has 1 aromatic carbocycles. The van der Waals surface area contributed by atoms with Crippen LogP contribution in [0.5, 0.6) is 0 Å². The number of ether oxygens (including phenoxy) is 1. The molecule has 19 heavy (non-hydrogen) atoms. The van der Waals surface area contributed by atoms with E-state index >= 15 is 0 Å². The van der Waals surface area contributed by atoms with Crippen molar-refractivity contribution in [1.82, 2.24) is 4.72 Å². The molecule has 0 aliphatic carbocycles. The summed E-state index contributed by atoms with van der Waals surface area (Å²) in [7, 11) is -2.18. The van der Waals surface area contributed by atoms with Crippen molar-refractivity contribution in [2.45, 2.75) is 6.54 Å². The molecule has 0 saturated carbocycles. The largest absolute Gasteiger partial charge is 0.462 e. The highest BCUT2D eigenvalue weighted by atomic mass is 32.2. The summed E-state index contributed by atoms with van der Waals surface area (Å²) in [5.41, 5.74) is 1.02. The summed E-state index contributed by atoms with van der Waals surface area (Å²) in [6, 6.07) is 6.45. The van der Waals surface area contributed by atoms with Gasteiger partial charge in [0.2, 0.25) is 10.0 Å². The lowest BCUT2D eigenvalue weighted by Gasteiger charge is -2.07. The van der Waals surface area contributed by atoms with E-state index in [0.29, 0.717) is 11.3 Å². The molecule has 0 saturated heterocycles. The van der Waals surface area contributed by atoms with E-state index in [-0.39, 0.29) is 6.54 Å². The third-order valence-electron chi connectivity index (χ3n) is 2.09. The first-order valence-electron chi connectivity index (χ1n) is 5.24. The Bertz CT molecular complexity index is 583. The van der Waals surface area contributed by atoms with E-state index in [2.05, 4.69) is 14.8 Å². The van der Waals surface area contributed by atoms with Crippen LogP contribution >= 0.6 is 0 Å². The molecule has 0 aliphatic rings. The van der Waals surface area contributed by atoms with Crippen molar-refractivity contribution < 1.29 is 22.7 Å². The van der Waals surface area contributed by atoms with Crippen molar-refractivity contribution in [2.24, 2.45) is 0 Å². The van der Waals surface area contributed by atoms with Crippen LogP contribution in [0.3, 0.4) is 0 Å². The normalized spacial score (nSPS) is 10.8. The summed E-state index contributed by atoms with van der Waals surface area (Å²) in [4.78, 5) is 22.2. The number of hydrogen-bond acceptors (Lipinski definition) is 5. The molecule has 0 aromatic heterocycles. The number of benzene rings is 1. The maximum absolute atomic E-state index is 11.3. The lowest BCUT2D eigenvalue weighted by Crippen LogP contribution is -2.24. The molecular weight excluding hydrogens is 272 g/mol. The minimum atomic E-state index is -3.29. The number of carbonyl (C=O) groups excluding carboxylic acids is 2. The van der Waals surface area contributed by atoms with Gasteiger partial charge in [-0.25, -0.2) is 17.9 Å². The average Bonchev–Trinajstić information content (AvgIpc) is 2.35. The Morgan fingerprint density at radius 1 is 1.32 bits per heavy atom. The monoisotopic (exact) mass is 286 g/mol. The molecule has 0 spiro atoms. The average molecular weight is 286 g/mol. The molecule has 7 nitrogen and oxygen atoms in total. The Morgan fingerprint density at radius 3 is 2.58 bits per heavy atom. The van der Waals surface area contributed by atoms with Gasteiger partial charge in [0.15, 0.2) is 0 Å². The number of amides is 1. The number of carbonyl (C=O) groups is 2.